The van der Waals surface area contributed by atoms with Crippen LogP contribution in [0.3, 0.4) is 0 Å². The molecule has 0 rings (SSSR count). The lowest BCUT2D eigenvalue weighted by atomic mass is 10.2. The van der Waals surface area contributed by atoms with E-state index in [1.165, 1.54) is 0 Å². The van der Waals surface area contributed by atoms with Crippen molar-refractivity contribution in [2.45, 2.75) is 32.4 Å². The monoisotopic (exact) mass is 204 g/mol. The lowest BCUT2D eigenvalue weighted by molar-refractivity contribution is -0.146. The Morgan fingerprint density at radius 2 is 1.93 bits per heavy atom. The fraction of sp³-hybridized carbons (Fsp3) is 0.750. The highest BCUT2D eigenvalue weighted by atomic mass is 16.4. The van der Waals surface area contributed by atoms with Gasteiger partial charge < -0.3 is 20.8 Å². The van der Waals surface area contributed by atoms with Gasteiger partial charge in [-0.3, -0.25) is 0 Å². The SMILES string of the molecule is CC(C)NC(=O)NCC[C@H](O)C(=O)O. The fourth-order valence-electron chi connectivity index (χ4n) is 0.759. The molecule has 0 unspecified atom stereocenters. The highest BCUT2D eigenvalue weighted by Gasteiger charge is 2.12. The van der Waals surface area contributed by atoms with Crippen molar-refractivity contribution in [1.82, 2.24) is 10.6 Å². The first-order valence-electron chi connectivity index (χ1n) is 4.38. The van der Waals surface area contributed by atoms with Crippen molar-refractivity contribution in [3.63, 3.8) is 0 Å². The molecule has 4 N–H and O–H groups in total. The van der Waals surface area contributed by atoms with Gasteiger partial charge in [0.2, 0.25) is 0 Å². The summed E-state index contributed by atoms with van der Waals surface area (Å²) < 4.78 is 0. The molecule has 6 heteroatoms. The van der Waals surface area contributed by atoms with Crippen LogP contribution in [0, 0.1) is 0 Å². The molecule has 0 aromatic carbocycles. The minimum Gasteiger partial charge on any atom is -0.479 e. The van der Waals surface area contributed by atoms with Crippen molar-refractivity contribution < 1.29 is 19.8 Å². The van der Waals surface area contributed by atoms with Crippen LogP contribution in [-0.4, -0.2) is 40.9 Å². The van der Waals surface area contributed by atoms with Crippen molar-refractivity contribution in [2.24, 2.45) is 0 Å². The van der Waals surface area contributed by atoms with Gasteiger partial charge in [0.05, 0.1) is 0 Å². The number of hydrogen-bond donors (Lipinski definition) is 4. The number of hydrogen-bond acceptors (Lipinski definition) is 3. The second kappa shape index (κ2) is 6.20. The molecule has 6 nitrogen and oxygen atoms in total. The first-order chi connectivity index (χ1) is 6.43. The van der Waals surface area contributed by atoms with Crippen molar-refractivity contribution in [1.29, 1.82) is 0 Å². The Kier molecular flexibility index (Phi) is 5.62. The molecule has 0 radical (unpaired) electrons. The summed E-state index contributed by atoms with van der Waals surface area (Å²) in [5.41, 5.74) is 0. The van der Waals surface area contributed by atoms with Crippen LogP contribution >= 0.6 is 0 Å². The molecule has 0 saturated carbocycles. The zero-order valence-corrected chi connectivity index (χ0v) is 8.28. The van der Waals surface area contributed by atoms with Gasteiger partial charge in [-0.2, -0.15) is 0 Å². The fourth-order valence-corrected chi connectivity index (χ4v) is 0.759. The Balaban J connectivity index is 3.54. The molecule has 14 heavy (non-hydrogen) atoms. The van der Waals surface area contributed by atoms with Gasteiger partial charge in [0.15, 0.2) is 6.10 Å². The van der Waals surface area contributed by atoms with Crippen LogP contribution in [0.5, 0.6) is 0 Å². The second-order valence-corrected chi connectivity index (χ2v) is 3.20. The predicted molar refractivity (Wildman–Crippen MR) is 49.9 cm³/mol. The summed E-state index contributed by atoms with van der Waals surface area (Å²) in [6.45, 7) is 3.75. The normalized spacial score (nSPS) is 12.3. The number of aliphatic carboxylic acids is 1. The zero-order valence-electron chi connectivity index (χ0n) is 8.28. The summed E-state index contributed by atoms with van der Waals surface area (Å²) in [5.74, 6) is -1.28. The van der Waals surface area contributed by atoms with E-state index >= 15 is 0 Å². The van der Waals surface area contributed by atoms with Crippen LogP contribution in [0.2, 0.25) is 0 Å². The van der Waals surface area contributed by atoms with E-state index in [1.54, 1.807) is 0 Å². The Morgan fingerprint density at radius 3 is 2.36 bits per heavy atom. The summed E-state index contributed by atoms with van der Waals surface area (Å²) >= 11 is 0. The first-order valence-corrected chi connectivity index (χ1v) is 4.38. The lowest BCUT2D eigenvalue weighted by Gasteiger charge is -2.10. The van der Waals surface area contributed by atoms with Crippen LogP contribution < -0.4 is 10.6 Å². The molecule has 0 aliphatic heterocycles. The van der Waals surface area contributed by atoms with E-state index in [9.17, 15) is 9.59 Å². The summed E-state index contributed by atoms with van der Waals surface area (Å²) in [5, 5.41) is 22.2. The lowest BCUT2D eigenvalue weighted by Crippen LogP contribution is -2.40. The quantitative estimate of drug-likeness (QED) is 0.486. The Bertz CT molecular complexity index is 206. The molecule has 0 spiro atoms. The summed E-state index contributed by atoms with van der Waals surface area (Å²) in [4.78, 5) is 21.1. The maximum atomic E-state index is 11.0. The molecule has 82 valence electrons. The maximum Gasteiger partial charge on any atom is 0.332 e. The van der Waals surface area contributed by atoms with Gasteiger partial charge in [0, 0.05) is 19.0 Å². The summed E-state index contributed by atoms with van der Waals surface area (Å²) in [6.07, 6.45) is -1.42. The van der Waals surface area contributed by atoms with E-state index in [-0.39, 0.29) is 25.0 Å². The van der Waals surface area contributed by atoms with Crippen molar-refractivity contribution >= 4 is 12.0 Å². The number of carboxylic acids is 1. The third-order valence-corrected chi connectivity index (χ3v) is 1.41. The third-order valence-electron chi connectivity index (χ3n) is 1.41. The average molecular weight is 204 g/mol. The minimum atomic E-state index is -1.42. The van der Waals surface area contributed by atoms with Crippen molar-refractivity contribution in [3.8, 4) is 0 Å². The highest BCUT2D eigenvalue weighted by molar-refractivity contribution is 5.74. The Morgan fingerprint density at radius 1 is 1.36 bits per heavy atom. The Labute approximate surface area is 82.3 Å². The first kappa shape index (κ1) is 12.7. The molecule has 2 amide bonds. The van der Waals surface area contributed by atoms with E-state index in [0.29, 0.717) is 0 Å². The van der Waals surface area contributed by atoms with Crippen LogP contribution in [-0.2, 0) is 4.79 Å². The number of aliphatic hydroxyl groups excluding tert-OH is 1. The van der Waals surface area contributed by atoms with Gasteiger partial charge in [0.25, 0.3) is 0 Å². The second-order valence-electron chi connectivity index (χ2n) is 3.20. The molecule has 0 aliphatic rings. The molecule has 1 atom stereocenters. The predicted octanol–water partition coefficient (Wildman–Crippen LogP) is -0.470. The molecule has 0 aromatic rings. The number of carbonyl (C=O) groups is 2. The standard InChI is InChI=1S/C8H16N2O4/c1-5(2)10-8(14)9-4-3-6(11)7(12)13/h5-6,11H,3-4H2,1-2H3,(H,12,13)(H2,9,10,14)/t6-/m0/s1. The minimum absolute atomic E-state index is 0.000842. The third kappa shape index (κ3) is 6.24. The molecule has 0 fully saturated rings. The molecule has 0 saturated heterocycles. The number of carbonyl (C=O) groups excluding carboxylic acids is 1. The molecule has 0 heterocycles. The van der Waals surface area contributed by atoms with E-state index < -0.39 is 12.1 Å². The number of nitrogens with one attached hydrogen (secondary N) is 2. The van der Waals surface area contributed by atoms with E-state index in [0.717, 1.165) is 0 Å². The summed E-state index contributed by atoms with van der Waals surface area (Å²) in [7, 11) is 0. The zero-order chi connectivity index (χ0) is 11.1. The average Bonchev–Trinajstić information content (AvgIpc) is 2.02. The molecular weight excluding hydrogens is 188 g/mol. The number of carboxylic acid groups (broad SMARTS) is 1. The van der Waals surface area contributed by atoms with Gasteiger partial charge in [-0.25, -0.2) is 9.59 Å². The smallest absolute Gasteiger partial charge is 0.332 e. The molecule has 0 aromatic heterocycles. The number of rotatable bonds is 5. The highest BCUT2D eigenvalue weighted by Crippen LogP contribution is 1.89. The van der Waals surface area contributed by atoms with E-state index in [4.69, 9.17) is 10.2 Å². The molecular formula is C8H16N2O4. The van der Waals surface area contributed by atoms with Gasteiger partial charge in [-0.1, -0.05) is 0 Å². The topological polar surface area (TPSA) is 98.7 Å². The molecule has 0 bridgehead atoms. The number of urea groups is 1. The largest absolute Gasteiger partial charge is 0.479 e. The van der Waals surface area contributed by atoms with E-state index in [2.05, 4.69) is 10.6 Å². The van der Waals surface area contributed by atoms with Gasteiger partial charge in [-0.15, -0.1) is 0 Å². The number of amides is 2. The number of aliphatic hydroxyl groups is 1. The van der Waals surface area contributed by atoms with Crippen molar-refractivity contribution in [2.75, 3.05) is 6.54 Å². The summed E-state index contributed by atoms with van der Waals surface area (Å²) in [6, 6.07) is -0.336. The van der Waals surface area contributed by atoms with E-state index in [1.807, 2.05) is 13.8 Å². The molecule has 0 aliphatic carbocycles. The van der Waals surface area contributed by atoms with Crippen LogP contribution in [0.1, 0.15) is 20.3 Å². The van der Waals surface area contributed by atoms with Crippen LogP contribution in [0.4, 0.5) is 4.79 Å². The van der Waals surface area contributed by atoms with Crippen LogP contribution in [0.25, 0.3) is 0 Å². The van der Waals surface area contributed by atoms with Gasteiger partial charge in [-0.05, 0) is 13.8 Å². The van der Waals surface area contributed by atoms with Crippen molar-refractivity contribution in [3.05, 3.63) is 0 Å². The van der Waals surface area contributed by atoms with Gasteiger partial charge in [0.1, 0.15) is 0 Å². The van der Waals surface area contributed by atoms with Gasteiger partial charge >= 0.3 is 12.0 Å². The van der Waals surface area contributed by atoms with Crippen LogP contribution in [0.15, 0.2) is 0 Å². The maximum absolute atomic E-state index is 11.0. The Hall–Kier alpha value is -1.30.